The maximum Gasteiger partial charge on any atom is 0.356 e. The van der Waals surface area contributed by atoms with Crippen molar-refractivity contribution in [1.29, 1.82) is 0 Å². The summed E-state index contributed by atoms with van der Waals surface area (Å²) in [5, 5.41) is 14.5. The second-order valence-corrected chi connectivity index (χ2v) is 10.0. The number of carbonyl (C=O) groups is 3. The number of thiazole rings is 1. The number of urea groups is 1. The standard InChI is InChI=1S/C21H23BrN4O5S/c22-18-16(19(28)29)24-21(32-18)25-20(30)23-15-6-5-13(26-7-9-31-10-8-26)11-14(15)17(27)12-3-1-2-4-12/h5-6,11-12H,1-4,7-10H2,(H,28,29)(H2,23,24,25,30). The Balaban J connectivity index is 1.55. The summed E-state index contributed by atoms with van der Waals surface area (Å²) in [6, 6.07) is 4.88. The van der Waals surface area contributed by atoms with Crippen molar-refractivity contribution in [2.75, 3.05) is 41.8 Å². The Kier molecular flexibility index (Phi) is 7.07. The van der Waals surface area contributed by atoms with E-state index < -0.39 is 12.0 Å². The van der Waals surface area contributed by atoms with Crippen molar-refractivity contribution in [3.63, 3.8) is 0 Å². The zero-order chi connectivity index (χ0) is 22.7. The van der Waals surface area contributed by atoms with Gasteiger partial charge in [0.05, 0.1) is 18.9 Å². The monoisotopic (exact) mass is 522 g/mol. The summed E-state index contributed by atoms with van der Waals surface area (Å²) in [5.74, 6) is -1.19. The van der Waals surface area contributed by atoms with Crippen LogP contribution >= 0.6 is 27.3 Å². The molecular formula is C21H23BrN4O5S. The van der Waals surface area contributed by atoms with Gasteiger partial charge in [-0.05, 0) is 47.0 Å². The summed E-state index contributed by atoms with van der Waals surface area (Å²) in [4.78, 5) is 43.1. The number of anilines is 3. The predicted molar refractivity (Wildman–Crippen MR) is 125 cm³/mol. The lowest BCUT2D eigenvalue weighted by Gasteiger charge is -2.29. The van der Waals surface area contributed by atoms with Gasteiger partial charge >= 0.3 is 12.0 Å². The number of amides is 2. The number of Topliss-reactive ketones (excluding diaryl/α,β-unsaturated/α-hetero) is 1. The van der Waals surface area contributed by atoms with Crippen molar-refractivity contribution in [1.82, 2.24) is 4.98 Å². The van der Waals surface area contributed by atoms with E-state index >= 15 is 0 Å². The van der Waals surface area contributed by atoms with Crippen LogP contribution < -0.4 is 15.5 Å². The Hall–Kier alpha value is -2.50. The van der Waals surface area contributed by atoms with Gasteiger partial charge in [0, 0.05) is 30.3 Å². The number of aromatic carboxylic acids is 1. The molecule has 2 heterocycles. The lowest BCUT2D eigenvalue weighted by atomic mass is 9.94. The van der Waals surface area contributed by atoms with Crippen LogP contribution in [0.1, 0.15) is 46.5 Å². The van der Waals surface area contributed by atoms with Crippen LogP contribution in [0.4, 0.5) is 21.3 Å². The summed E-state index contributed by atoms with van der Waals surface area (Å²) in [6.45, 7) is 2.76. The fraction of sp³-hybridized carbons (Fsp3) is 0.429. The molecule has 9 nitrogen and oxygen atoms in total. The molecule has 0 bridgehead atoms. The number of morpholine rings is 1. The van der Waals surface area contributed by atoms with Crippen molar-refractivity contribution in [2.24, 2.45) is 5.92 Å². The van der Waals surface area contributed by atoms with E-state index in [2.05, 4.69) is 36.4 Å². The van der Waals surface area contributed by atoms with Crippen LogP contribution in [-0.2, 0) is 4.74 Å². The minimum absolute atomic E-state index is 0.0356. The van der Waals surface area contributed by atoms with Gasteiger partial charge in [-0.3, -0.25) is 10.1 Å². The first-order chi connectivity index (χ1) is 15.4. The molecule has 2 amide bonds. The second-order valence-electron chi connectivity index (χ2n) is 7.70. The van der Waals surface area contributed by atoms with Gasteiger partial charge in [-0.15, -0.1) is 0 Å². The molecule has 1 aromatic carbocycles. The number of hydrogen-bond donors (Lipinski definition) is 3. The quantitative estimate of drug-likeness (QED) is 0.478. The molecule has 170 valence electrons. The van der Waals surface area contributed by atoms with Crippen LogP contribution in [0.2, 0.25) is 0 Å². The Morgan fingerprint density at radius 3 is 2.53 bits per heavy atom. The maximum atomic E-state index is 13.3. The summed E-state index contributed by atoms with van der Waals surface area (Å²) in [5.41, 5.74) is 1.67. The molecule has 0 spiro atoms. The molecule has 2 fully saturated rings. The van der Waals surface area contributed by atoms with Crippen LogP contribution in [0.5, 0.6) is 0 Å². The molecule has 1 aromatic heterocycles. The number of rotatable bonds is 6. The van der Waals surface area contributed by atoms with Gasteiger partial charge in [0.2, 0.25) is 0 Å². The van der Waals surface area contributed by atoms with Crippen molar-refractivity contribution in [3.8, 4) is 0 Å². The number of ether oxygens (including phenoxy) is 1. The Labute approximate surface area is 197 Å². The minimum atomic E-state index is -1.19. The third-order valence-electron chi connectivity index (χ3n) is 5.63. The van der Waals surface area contributed by atoms with E-state index in [1.165, 1.54) is 0 Å². The number of carboxylic acids is 1. The number of carbonyl (C=O) groups excluding carboxylic acids is 2. The number of carboxylic acid groups (broad SMARTS) is 1. The molecular weight excluding hydrogens is 500 g/mol. The highest BCUT2D eigenvalue weighted by Gasteiger charge is 2.27. The first-order valence-corrected chi connectivity index (χ1v) is 12.0. The molecule has 0 unspecified atom stereocenters. The summed E-state index contributed by atoms with van der Waals surface area (Å²) in [6.07, 6.45) is 3.79. The molecule has 0 radical (unpaired) electrons. The minimum Gasteiger partial charge on any atom is -0.476 e. The van der Waals surface area contributed by atoms with E-state index in [9.17, 15) is 14.4 Å². The van der Waals surface area contributed by atoms with E-state index in [4.69, 9.17) is 9.84 Å². The van der Waals surface area contributed by atoms with E-state index in [1.54, 1.807) is 6.07 Å². The smallest absolute Gasteiger partial charge is 0.356 e. The Morgan fingerprint density at radius 1 is 1.16 bits per heavy atom. The molecule has 1 aliphatic heterocycles. The normalized spacial score (nSPS) is 16.7. The fourth-order valence-corrected chi connectivity index (χ4v) is 5.41. The van der Waals surface area contributed by atoms with Crippen LogP contribution in [0, 0.1) is 5.92 Å². The van der Waals surface area contributed by atoms with Crippen molar-refractivity contribution < 1.29 is 24.2 Å². The molecule has 11 heteroatoms. The Bertz CT molecular complexity index is 1030. The maximum absolute atomic E-state index is 13.3. The van der Waals surface area contributed by atoms with Crippen LogP contribution in [0.3, 0.4) is 0 Å². The first kappa shape index (κ1) is 22.7. The number of aromatic nitrogens is 1. The van der Waals surface area contributed by atoms with E-state index in [1.807, 2.05) is 12.1 Å². The highest BCUT2D eigenvalue weighted by atomic mass is 79.9. The topological polar surface area (TPSA) is 121 Å². The molecule has 2 aromatic rings. The van der Waals surface area contributed by atoms with E-state index in [-0.39, 0.29) is 22.5 Å². The number of nitrogens with one attached hydrogen (secondary N) is 2. The van der Waals surface area contributed by atoms with Crippen molar-refractivity contribution >= 4 is 61.6 Å². The lowest BCUT2D eigenvalue weighted by molar-refractivity contribution is 0.0690. The number of benzene rings is 1. The van der Waals surface area contributed by atoms with Gasteiger partial charge in [0.25, 0.3) is 0 Å². The van der Waals surface area contributed by atoms with Gasteiger partial charge in [0.1, 0.15) is 3.79 Å². The number of halogens is 1. The molecule has 3 N–H and O–H groups in total. The van der Waals surface area contributed by atoms with Crippen LogP contribution in [-0.4, -0.2) is 54.2 Å². The molecule has 1 saturated heterocycles. The summed E-state index contributed by atoms with van der Waals surface area (Å²) < 4.78 is 5.73. The van der Waals surface area contributed by atoms with Gasteiger partial charge < -0.3 is 20.1 Å². The van der Waals surface area contributed by atoms with Gasteiger partial charge in [0.15, 0.2) is 16.6 Å². The molecule has 32 heavy (non-hydrogen) atoms. The van der Waals surface area contributed by atoms with Crippen LogP contribution in [0.25, 0.3) is 0 Å². The predicted octanol–water partition coefficient (Wildman–Crippen LogP) is 4.46. The highest BCUT2D eigenvalue weighted by molar-refractivity contribution is 9.11. The molecule has 2 aliphatic rings. The van der Waals surface area contributed by atoms with Gasteiger partial charge in [-0.25, -0.2) is 14.6 Å². The average Bonchev–Trinajstić information content (AvgIpc) is 3.44. The highest BCUT2D eigenvalue weighted by Crippen LogP contribution is 2.33. The number of ketones is 1. The lowest BCUT2D eigenvalue weighted by Crippen LogP contribution is -2.36. The number of hydrogen-bond acceptors (Lipinski definition) is 7. The summed E-state index contributed by atoms with van der Waals surface area (Å²) >= 11 is 4.13. The average molecular weight is 523 g/mol. The van der Waals surface area contributed by atoms with Gasteiger partial charge in [-0.1, -0.05) is 24.2 Å². The zero-order valence-electron chi connectivity index (χ0n) is 17.2. The van der Waals surface area contributed by atoms with E-state index in [0.29, 0.717) is 28.3 Å². The third kappa shape index (κ3) is 5.11. The van der Waals surface area contributed by atoms with Crippen molar-refractivity contribution in [3.05, 3.63) is 33.2 Å². The summed E-state index contributed by atoms with van der Waals surface area (Å²) in [7, 11) is 0. The van der Waals surface area contributed by atoms with E-state index in [0.717, 1.165) is 55.8 Å². The third-order valence-corrected chi connectivity index (χ3v) is 7.25. The van der Waals surface area contributed by atoms with Crippen LogP contribution in [0.15, 0.2) is 22.0 Å². The second kappa shape index (κ2) is 9.97. The SMILES string of the molecule is O=C(Nc1nc(C(=O)O)c(Br)s1)Nc1ccc(N2CCOCC2)cc1C(=O)C1CCCC1. The fourth-order valence-electron chi connectivity index (χ4n) is 4.01. The first-order valence-electron chi connectivity index (χ1n) is 10.4. The molecule has 4 rings (SSSR count). The molecule has 1 aliphatic carbocycles. The molecule has 1 saturated carbocycles. The van der Waals surface area contributed by atoms with Crippen molar-refractivity contribution in [2.45, 2.75) is 25.7 Å². The number of nitrogens with zero attached hydrogens (tertiary/aromatic N) is 2. The largest absolute Gasteiger partial charge is 0.476 e. The molecule has 0 atom stereocenters. The Morgan fingerprint density at radius 2 is 1.88 bits per heavy atom. The zero-order valence-corrected chi connectivity index (χ0v) is 19.6. The van der Waals surface area contributed by atoms with Gasteiger partial charge in [-0.2, -0.15) is 0 Å².